The molecule has 0 radical (unpaired) electrons. The molecule has 1 saturated heterocycles. The molecule has 1 aliphatic heterocycles. The van der Waals surface area contributed by atoms with E-state index in [0.29, 0.717) is 31.8 Å². The molecule has 4 nitrogen and oxygen atoms in total. The molecule has 19 heavy (non-hydrogen) atoms. The van der Waals surface area contributed by atoms with Gasteiger partial charge < -0.3 is 15.4 Å². The first-order valence-electron chi connectivity index (χ1n) is 5.98. The second-order valence-electron chi connectivity index (χ2n) is 4.50. The van der Waals surface area contributed by atoms with Crippen molar-refractivity contribution in [3.63, 3.8) is 0 Å². The SMILES string of the molecule is Cc1cc(F)cc(C(=O)N2CCOC(CN)C2)c1.Cl. The third kappa shape index (κ3) is 3.89. The lowest BCUT2D eigenvalue weighted by Gasteiger charge is -2.32. The van der Waals surface area contributed by atoms with Gasteiger partial charge in [-0.25, -0.2) is 4.39 Å². The topological polar surface area (TPSA) is 55.6 Å². The lowest BCUT2D eigenvalue weighted by atomic mass is 10.1. The van der Waals surface area contributed by atoms with Crippen LogP contribution in [0.1, 0.15) is 15.9 Å². The number of morpholine rings is 1. The van der Waals surface area contributed by atoms with E-state index in [1.807, 2.05) is 0 Å². The maximum Gasteiger partial charge on any atom is 0.254 e. The molecule has 0 bridgehead atoms. The van der Waals surface area contributed by atoms with Gasteiger partial charge in [-0.15, -0.1) is 12.4 Å². The van der Waals surface area contributed by atoms with Crippen LogP contribution in [0, 0.1) is 12.7 Å². The van der Waals surface area contributed by atoms with Crippen molar-refractivity contribution in [3.05, 3.63) is 35.1 Å². The van der Waals surface area contributed by atoms with Crippen molar-refractivity contribution >= 4 is 18.3 Å². The molecule has 1 aromatic carbocycles. The standard InChI is InChI=1S/C13H17FN2O2.ClH/c1-9-4-10(6-11(14)5-9)13(17)16-2-3-18-12(7-15)8-16;/h4-6,12H,2-3,7-8,15H2,1H3;1H. The Bertz CT molecular complexity index is 436. The molecule has 0 aromatic heterocycles. The van der Waals surface area contributed by atoms with Gasteiger partial charge >= 0.3 is 0 Å². The minimum Gasteiger partial charge on any atom is -0.373 e. The van der Waals surface area contributed by atoms with Gasteiger partial charge in [-0.3, -0.25) is 4.79 Å². The zero-order valence-electron chi connectivity index (χ0n) is 10.8. The highest BCUT2D eigenvalue weighted by molar-refractivity contribution is 5.94. The maximum absolute atomic E-state index is 13.3. The summed E-state index contributed by atoms with van der Waals surface area (Å²) >= 11 is 0. The number of nitrogens with zero attached hydrogens (tertiary/aromatic N) is 1. The number of ether oxygens (including phenoxy) is 1. The zero-order chi connectivity index (χ0) is 13.1. The highest BCUT2D eigenvalue weighted by atomic mass is 35.5. The molecule has 1 atom stereocenters. The zero-order valence-corrected chi connectivity index (χ0v) is 11.6. The lowest BCUT2D eigenvalue weighted by molar-refractivity contribution is -0.0167. The van der Waals surface area contributed by atoms with Crippen LogP contribution in [0.2, 0.25) is 0 Å². The van der Waals surface area contributed by atoms with E-state index in [1.54, 1.807) is 17.9 Å². The molecule has 1 amide bonds. The molecule has 0 aliphatic carbocycles. The fourth-order valence-corrected chi connectivity index (χ4v) is 2.09. The predicted molar refractivity (Wildman–Crippen MR) is 73.1 cm³/mol. The number of rotatable bonds is 2. The molecule has 1 aromatic rings. The second kappa shape index (κ2) is 6.84. The van der Waals surface area contributed by atoms with Gasteiger partial charge in [0.1, 0.15) is 5.82 Å². The number of benzene rings is 1. The molecule has 0 spiro atoms. The molecule has 2 rings (SSSR count). The van der Waals surface area contributed by atoms with Gasteiger partial charge in [-0.1, -0.05) is 0 Å². The number of hydrogen-bond donors (Lipinski definition) is 1. The maximum atomic E-state index is 13.3. The van der Waals surface area contributed by atoms with E-state index in [1.165, 1.54) is 12.1 Å². The average molecular weight is 289 g/mol. The Balaban J connectivity index is 0.00000180. The van der Waals surface area contributed by atoms with E-state index in [-0.39, 0.29) is 30.2 Å². The highest BCUT2D eigenvalue weighted by Crippen LogP contribution is 2.13. The molecule has 1 heterocycles. The van der Waals surface area contributed by atoms with Gasteiger partial charge in [-0.05, 0) is 30.7 Å². The van der Waals surface area contributed by atoms with Crippen LogP contribution >= 0.6 is 12.4 Å². The van der Waals surface area contributed by atoms with Crippen LogP contribution in [-0.4, -0.2) is 43.2 Å². The molecule has 1 aliphatic rings. The normalized spacial score (nSPS) is 18.9. The van der Waals surface area contributed by atoms with Gasteiger partial charge in [0, 0.05) is 25.2 Å². The molecule has 1 unspecified atom stereocenters. The molecule has 2 N–H and O–H groups in total. The van der Waals surface area contributed by atoms with Crippen molar-refractivity contribution < 1.29 is 13.9 Å². The summed E-state index contributed by atoms with van der Waals surface area (Å²) in [6, 6.07) is 4.36. The Kier molecular flexibility index (Phi) is 5.72. The summed E-state index contributed by atoms with van der Waals surface area (Å²) in [5.74, 6) is -0.554. The highest BCUT2D eigenvalue weighted by Gasteiger charge is 2.24. The van der Waals surface area contributed by atoms with E-state index >= 15 is 0 Å². The fourth-order valence-electron chi connectivity index (χ4n) is 2.09. The number of amides is 1. The van der Waals surface area contributed by atoms with Crippen LogP contribution in [-0.2, 0) is 4.74 Å². The van der Waals surface area contributed by atoms with Crippen molar-refractivity contribution in [1.29, 1.82) is 0 Å². The first kappa shape index (κ1) is 15.9. The summed E-state index contributed by atoms with van der Waals surface area (Å²) in [5, 5.41) is 0. The smallest absolute Gasteiger partial charge is 0.254 e. The summed E-state index contributed by atoms with van der Waals surface area (Å²) in [6.07, 6.45) is -0.127. The third-order valence-electron chi connectivity index (χ3n) is 2.98. The Labute approximate surface area is 118 Å². The number of halogens is 2. The second-order valence-corrected chi connectivity index (χ2v) is 4.50. The Morgan fingerprint density at radius 1 is 1.53 bits per heavy atom. The van der Waals surface area contributed by atoms with Gasteiger partial charge in [-0.2, -0.15) is 0 Å². The first-order chi connectivity index (χ1) is 8.60. The number of carbonyl (C=O) groups is 1. The molecule has 6 heteroatoms. The Hall–Kier alpha value is -1.17. The molecular weight excluding hydrogens is 271 g/mol. The minimum atomic E-state index is -0.387. The fraction of sp³-hybridized carbons (Fsp3) is 0.462. The van der Waals surface area contributed by atoms with E-state index < -0.39 is 0 Å². The number of aryl methyl sites for hydroxylation is 1. The number of nitrogens with two attached hydrogens (primary N) is 1. The van der Waals surface area contributed by atoms with E-state index in [4.69, 9.17) is 10.5 Å². The van der Waals surface area contributed by atoms with Crippen LogP contribution in [0.4, 0.5) is 4.39 Å². The quantitative estimate of drug-likeness (QED) is 0.894. The van der Waals surface area contributed by atoms with Gasteiger partial charge in [0.2, 0.25) is 0 Å². The monoisotopic (exact) mass is 288 g/mol. The molecule has 106 valence electrons. The van der Waals surface area contributed by atoms with Crippen molar-refractivity contribution in [2.75, 3.05) is 26.2 Å². The van der Waals surface area contributed by atoms with E-state index in [0.717, 1.165) is 5.56 Å². The van der Waals surface area contributed by atoms with Crippen LogP contribution in [0.25, 0.3) is 0 Å². The first-order valence-corrected chi connectivity index (χ1v) is 5.98. The van der Waals surface area contributed by atoms with Crippen LogP contribution in [0.5, 0.6) is 0 Å². The summed E-state index contributed by atoms with van der Waals surface area (Å²) in [7, 11) is 0. The van der Waals surface area contributed by atoms with Crippen molar-refractivity contribution in [3.8, 4) is 0 Å². The van der Waals surface area contributed by atoms with Crippen molar-refractivity contribution in [2.24, 2.45) is 5.73 Å². The lowest BCUT2D eigenvalue weighted by Crippen LogP contribution is -2.48. The van der Waals surface area contributed by atoms with Crippen LogP contribution in [0.3, 0.4) is 0 Å². The van der Waals surface area contributed by atoms with Crippen molar-refractivity contribution in [1.82, 2.24) is 4.90 Å². The third-order valence-corrected chi connectivity index (χ3v) is 2.98. The van der Waals surface area contributed by atoms with Gasteiger partial charge in [0.15, 0.2) is 0 Å². The number of carbonyl (C=O) groups excluding carboxylic acids is 1. The molecule has 0 saturated carbocycles. The average Bonchev–Trinajstić information content (AvgIpc) is 2.37. The molecular formula is C13H18ClFN2O2. The number of hydrogen-bond acceptors (Lipinski definition) is 3. The van der Waals surface area contributed by atoms with E-state index in [2.05, 4.69) is 0 Å². The predicted octanol–water partition coefficient (Wildman–Crippen LogP) is 1.36. The Morgan fingerprint density at radius 3 is 2.89 bits per heavy atom. The van der Waals surface area contributed by atoms with Gasteiger partial charge in [0.25, 0.3) is 5.91 Å². The largest absolute Gasteiger partial charge is 0.373 e. The summed E-state index contributed by atoms with van der Waals surface area (Å²) in [5.41, 5.74) is 6.65. The van der Waals surface area contributed by atoms with E-state index in [9.17, 15) is 9.18 Å². The minimum absolute atomic E-state index is 0. The summed E-state index contributed by atoms with van der Waals surface area (Å²) in [4.78, 5) is 13.9. The summed E-state index contributed by atoms with van der Waals surface area (Å²) in [6.45, 7) is 3.60. The molecule has 1 fully saturated rings. The Morgan fingerprint density at radius 2 is 2.26 bits per heavy atom. The summed E-state index contributed by atoms with van der Waals surface area (Å²) < 4.78 is 18.7. The van der Waals surface area contributed by atoms with Crippen molar-refractivity contribution in [2.45, 2.75) is 13.0 Å². The van der Waals surface area contributed by atoms with Crippen LogP contribution in [0.15, 0.2) is 18.2 Å². The van der Waals surface area contributed by atoms with Gasteiger partial charge in [0.05, 0.1) is 12.7 Å². The van der Waals surface area contributed by atoms with Crippen LogP contribution < -0.4 is 5.73 Å².